The van der Waals surface area contributed by atoms with Crippen molar-refractivity contribution in [3.8, 4) is 22.8 Å². The molecule has 0 aliphatic heterocycles. The summed E-state index contributed by atoms with van der Waals surface area (Å²) < 4.78 is 52.5. The minimum atomic E-state index is -4.85. The fraction of sp³-hybridized carbons (Fsp3) is 0.222. The Bertz CT molecular complexity index is 1400. The van der Waals surface area contributed by atoms with E-state index in [1.54, 1.807) is 31.0 Å². The van der Waals surface area contributed by atoms with Crippen LogP contribution >= 0.6 is 11.8 Å². The number of hydrogen-bond acceptors (Lipinski definition) is 6. The van der Waals surface area contributed by atoms with Gasteiger partial charge in [0.25, 0.3) is 0 Å². The number of aryl methyl sites for hydroxylation is 1. The number of rotatable bonds is 8. The van der Waals surface area contributed by atoms with Gasteiger partial charge in [0.2, 0.25) is 0 Å². The number of methoxy groups -OCH3 is 1. The number of pyridine rings is 1. The predicted octanol–water partition coefficient (Wildman–Crippen LogP) is 6.74. The Labute approximate surface area is 216 Å². The molecule has 0 aliphatic rings. The number of halogens is 3. The predicted molar refractivity (Wildman–Crippen MR) is 135 cm³/mol. The number of alkyl halides is 3. The number of aromatic nitrogens is 3. The molecule has 0 bridgehead atoms. The van der Waals surface area contributed by atoms with E-state index in [1.165, 1.54) is 13.0 Å². The number of carbonyl (C=O) groups is 1. The van der Waals surface area contributed by atoms with Crippen molar-refractivity contribution in [2.45, 2.75) is 30.7 Å². The Morgan fingerprint density at radius 2 is 1.84 bits per heavy atom. The molecule has 0 aliphatic carbocycles. The number of carbonyl (C=O) groups excluding carboxylic acids is 1. The Morgan fingerprint density at radius 1 is 1.08 bits per heavy atom. The van der Waals surface area contributed by atoms with Crippen LogP contribution in [0.1, 0.15) is 34.1 Å². The molecule has 10 heteroatoms. The van der Waals surface area contributed by atoms with Crippen molar-refractivity contribution in [1.82, 2.24) is 14.8 Å². The van der Waals surface area contributed by atoms with Crippen molar-refractivity contribution in [2.24, 2.45) is 0 Å². The molecular formula is C27H24F3N3O3S. The van der Waals surface area contributed by atoms with E-state index in [1.807, 2.05) is 49.4 Å². The first-order valence-corrected chi connectivity index (χ1v) is 12.4. The molecule has 0 radical (unpaired) electrons. The molecule has 0 unspecified atom stereocenters. The van der Waals surface area contributed by atoms with Gasteiger partial charge < -0.3 is 9.47 Å². The molecule has 2 aromatic carbocycles. The summed E-state index contributed by atoms with van der Waals surface area (Å²) in [6, 6.07) is 18.4. The van der Waals surface area contributed by atoms with Gasteiger partial charge in [-0.2, -0.15) is 18.3 Å². The van der Waals surface area contributed by atoms with Crippen LogP contribution in [0.4, 0.5) is 13.2 Å². The van der Waals surface area contributed by atoms with Crippen LogP contribution in [0.5, 0.6) is 5.75 Å². The molecule has 0 N–H and O–H groups in total. The minimum absolute atomic E-state index is 0.0562. The van der Waals surface area contributed by atoms with Gasteiger partial charge in [0.1, 0.15) is 11.3 Å². The molecule has 4 rings (SSSR count). The van der Waals surface area contributed by atoms with Crippen molar-refractivity contribution < 1.29 is 27.4 Å². The lowest BCUT2D eigenvalue weighted by Crippen LogP contribution is -2.19. The lowest BCUT2D eigenvalue weighted by Gasteiger charge is -2.14. The molecule has 0 spiro atoms. The van der Waals surface area contributed by atoms with Gasteiger partial charge in [-0.1, -0.05) is 29.8 Å². The molecule has 4 aromatic rings. The maximum Gasteiger partial charge on any atom is 0.434 e. The van der Waals surface area contributed by atoms with E-state index in [9.17, 15) is 18.0 Å². The summed E-state index contributed by atoms with van der Waals surface area (Å²) in [6.45, 7) is 3.40. The molecule has 0 atom stereocenters. The second-order valence-corrected chi connectivity index (χ2v) is 9.07. The number of hydrogen-bond donors (Lipinski definition) is 0. The van der Waals surface area contributed by atoms with E-state index in [0.29, 0.717) is 16.1 Å². The van der Waals surface area contributed by atoms with Crippen LogP contribution in [-0.4, -0.2) is 34.5 Å². The average molecular weight is 528 g/mol. The summed E-state index contributed by atoms with van der Waals surface area (Å²) in [5.41, 5.74) is 1.46. The highest BCUT2D eigenvalue weighted by molar-refractivity contribution is 7.98. The zero-order chi connectivity index (χ0) is 26.6. The van der Waals surface area contributed by atoms with E-state index >= 15 is 0 Å². The first-order valence-electron chi connectivity index (χ1n) is 11.4. The number of ether oxygens (including phenoxy) is 2. The zero-order valence-electron chi connectivity index (χ0n) is 20.4. The van der Waals surface area contributed by atoms with Gasteiger partial charge in [-0.3, -0.25) is 0 Å². The van der Waals surface area contributed by atoms with Crippen LogP contribution in [0.2, 0.25) is 0 Å². The van der Waals surface area contributed by atoms with E-state index in [-0.39, 0.29) is 12.4 Å². The standard InChI is InChI=1S/C27H24F3N3O3S/c1-4-36-26(34)21-15-31-33(25(21)27(28,29)30)24-7-5-6-22(32-24)20-14-17(2)8-13-23(20)37-16-18-9-11-19(35-3)12-10-18/h5-15H,4,16H2,1-3H3. The minimum Gasteiger partial charge on any atom is -0.497 e. The molecule has 0 saturated carbocycles. The third kappa shape index (κ3) is 5.96. The third-order valence-corrected chi connectivity index (χ3v) is 6.59. The summed E-state index contributed by atoms with van der Waals surface area (Å²) in [5, 5.41) is 3.84. The third-order valence-electron chi connectivity index (χ3n) is 5.45. The highest BCUT2D eigenvalue weighted by Crippen LogP contribution is 2.36. The quantitative estimate of drug-likeness (QED) is 0.187. The molecule has 37 heavy (non-hydrogen) atoms. The fourth-order valence-electron chi connectivity index (χ4n) is 3.70. The Hall–Kier alpha value is -3.79. The topological polar surface area (TPSA) is 66.2 Å². The molecule has 6 nitrogen and oxygen atoms in total. The van der Waals surface area contributed by atoms with Gasteiger partial charge in [-0.05, 0) is 55.8 Å². The van der Waals surface area contributed by atoms with Crippen LogP contribution in [0.3, 0.4) is 0 Å². The number of nitrogens with zero attached hydrogens (tertiary/aromatic N) is 3. The van der Waals surface area contributed by atoms with Crippen LogP contribution in [0, 0.1) is 6.92 Å². The summed E-state index contributed by atoms with van der Waals surface area (Å²) in [6.07, 6.45) is -3.99. The van der Waals surface area contributed by atoms with E-state index in [2.05, 4.69) is 10.1 Å². The van der Waals surface area contributed by atoms with Crippen molar-refractivity contribution in [2.75, 3.05) is 13.7 Å². The van der Waals surface area contributed by atoms with Crippen LogP contribution in [0.25, 0.3) is 17.1 Å². The molecule has 2 heterocycles. The van der Waals surface area contributed by atoms with Gasteiger partial charge in [0, 0.05) is 16.2 Å². The summed E-state index contributed by atoms with van der Waals surface area (Å²) >= 11 is 1.60. The van der Waals surface area contributed by atoms with Crippen LogP contribution in [0.15, 0.2) is 71.8 Å². The zero-order valence-corrected chi connectivity index (χ0v) is 21.2. The maximum atomic E-state index is 14.0. The van der Waals surface area contributed by atoms with E-state index < -0.39 is 23.4 Å². The first kappa shape index (κ1) is 26.3. The smallest absolute Gasteiger partial charge is 0.434 e. The summed E-state index contributed by atoms with van der Waals surface area (Å²) in [7, 11) is 1.61. The fourth-order valence-corrected chi connectivity index (χ4v) is 4.69. The molecule has 0 fully saturated rings. The van der Waals surface area contributed by atoms with Crippen molar-refractivity contribution in [3.63, 3.8) is 0 Å². The van der Waals surface area contributed by atoms with Crippen molar-refractivity contribution >= 4 is 17.7 Å². The van der Waals surface area contributed by atoms with Crippen LogP contribution < -0.4 is 4.74 Å². The molecule has 0 amide bonds. The number of esters is 1. The number of benzene rings is 2. The number of thioether (sulfide) groups is 1. The molecular weight excluding hydrogens is 503 g/mol. The van der Waals surface area contributed by atoms with Gasteiger partial charge >= 0.3 is 12.1 Å². The van der Waals surface area contributed by atoms with E-state index in [4.69, 9.17) is 9.47 Å². The SMILES string of the molecule is CCOC(=O)c1cnn(-c2cccc(-c3cc(C)ccc3SCc3ccc(OC)cc3)n2)c1C(F)(F)F. The Balaban J connectivity index is 1.71. The first-order chi connectivity index (χ1) is 17.7. The second kappa shape index (κ2) is 11.1. The molecule has 2 aromatic heterocycles. The Kier molecular flexibility index (Phi) is 7.87. The second-order valence-electron chi connectivity index (χ2n) is 8.05. The normalized spacial score (nSPS) is 11.4. The molecule has 0 saturated heterocycles. The summed E-state index contributed by atoms with van der Waals surface area (Å²) in [4.78, 5) is 17.6. The maximum absolute atomic E-state index is 14.0. The molecule has 192 valence electrons. The average Bonchev–Trinajstić information content (AvgIpc) is 3.35. The van der Waals surface area contributed by atoms with Crippen molar-refractivity contribution in [1.29, 1.82) is 0 Å². The van der Waals surface area contributed by atoms with Gasteiger partial charge in [0.15, 0.2) is 11.5 Å². The highest BCUT2D eigenvalue weighted by Gasteiger charge is 2.41. The summed E-state index contributed by atoms with van der Waals surface area (Å²) in [5.74, 6) is 0.301. The monoisotopic (exact) mass is 527 g/mol. The van der Waals surface area contributed by atoms with Crippen LogP contribution in [-0.2, 0) is 16.7 Å². The van der Waals surface area contributed by atoms with Gasteiger partial charge in [-0.15, -0.1) is 11.8 Å². The lowest BCUT2D eigenvalue weighted by atomic mass is 10.1. The van der Waals surface area contributed by atoms with Gasteiger partial charge in [-0.25, -0.2) is 14.5 Å². The Morgan fingerprint density at radius 3 is 2.51 bits per heavy atom. The van der Waals surface area contributed by atoms with Crippen molar-refractivity contribution in [3.05, 3.63) is 89.2 Å². The lowest BCUT2D eigenvalue weighted by molar-refractivity contribution is -0.143. The largest absolute Gasteiger partial charge is 0.497 e. The highest BCUT2D eigenvalue weighted by atomic mass is 32.2. The van der Waals surface area contributed by atoms with Gasteiger partial charge in [0.05, 0.1) is 25.6 Å². The van der Waals surface area contributed by atoms with E-state index in [0.717, 1.165) is 33.5 Å².